The average Bonchev–Trinajstić information content (AvgIpc) is 2.79. The van der Waals surface area contributed by atoms with Gasteiger partial charge >= 0.3 is 12.1 Å². The van der Waals surface area contributed by atoms with Crippen LogP contribution in [0.5, 0.6) is 0 Å². The predicted molar refractivity (Wildman–Crippen MR) is 127 cm³/mol. The quantitative estimate of drug-likeness (QED) is 0.323. The molecule has 0 heterocycles. The first-order valence-corrected chi connectivity index (χ1v) is 10.3. The molecule has 156 valence electrons. The number of nitrogens with one attached hydrogen (secondary N) is 4. The number of rotatable bonds is 6. The van der Waals surface area contributed by atoms with Gasteiger partial charge in [-0.05, 0) is 29.3 Å². The van der Waals surface area contributed by atoms with Gasteiger partial charge in [0.2, 0.25) is 0 Å². The molecule has 0 aromatic heterocycles. The molecule has 0 saturated carbocycles. The molecule has 4 N–H and O–H groups in total. The second-order valence-corrected chi connectivity index (χ2v) is 7.17. The molecular weight excluding hydrogens is 388 g/mol. The number of carbonyl (C=O) groups excluding carboxylic acids is 2. The van der Waals surface area contributed by atoms with Crippen molar-refractivity contribution < 1.29 is 9.59 Å². The molecule has 0 bridgehead atoms. The van der Waals surface area contributed by atoms with Crippen LogP contribution in [0.25, 0.3) is 21.5 Å². The van der Waals surface area contributed by atoms with Crippen molar-refractivity contribution in [2.75, 3.05) is 23.7 Å². The normalized spacial score (nSPS) is 10.6. The molecule has 0 spiro atoms. The number of benzene rings is 4. The van der Waals surface area contributed by atoms with Crippen LogP contribution in [0.2, 0.25) is 0 Å². The van der Waals surface area contributed by atoms with E-state index in [1.165, 1.54) is 0 Å². The summed E-state index contributed by atoms with van der Waals surface area (Å²) < 4.78 is 0. The summed E-state index contributed by atoms with van der Waals surface area (Å²) in [6, 6.07) is 26.9. The van der Waals surface area contributed by atoms with Gasteiger partial charge in [0.25, 0.3) is 0 Å². The molecular formula is C25H24N4O2. The van der Waals surface area contributed by atoms with E-state index in [-0.39, 0.29) is 12.1 Å². The number of amides is 4. The molecule has 0 saturated heterocycles. The van der Waals surface area contributed by atoms with Crippen LogP contribution in [0.15, 0.2) is 84.9 Å². The maximum atomic E-state index is 12.2. The third-order valence-electron chi connectivity index (χ3n) is 5.00. The molecule has 4 aromatic carbocycles. The van der Waals surface area contributed by atoms with Crippen LogP contribution < -0.4 is 21.3 Å². The first-order chi connectivity index (χ1) is 15.2. The van der Waals surface area contributed by atoms with Crippen LogP contribution >= 0.6 is 0 Å². The number of urea groups is 2. The van der Waals surface area contributed by atoms with Crippen LogP contribution in [-0.4, -0.2) is 25.2 Å². The second kappa shape index (κ2) is 9.63. The first-order valence-electron chi connectivity index (χ1n) is 10.3. The Morgan fingerprint density at radius 1 is 0.548 bits per heavy atom. The lowest BCUT2D eigenvalue weighted by atomic mass is 10.1. The van der Waals surface area contributed by atoms with Crippen molar-refractivity contribution in [3.8, 4) is 0 Å². The summed E-state index contributed by atoms with van der Waals surface area (Å²) in [4.78, 5) is 24.4. The standard InChI is InChI=1S/C25H24N4O2/c30-24(28-22-14-5-10-18-8-1-3-12-20(18)22)26-16-7-17-27-25(31)29-23-15-6-11-19-9-2-4-13-21(19)23/h1-6,8-15H,7,16-17H2,(H2,26,28,30)(H2,27,29,31). The molecule has 0 atom stereocenters. The Morgan fingerprint density at radius 2 is 0.968 bits per heavy atom. The van der Waals surface area contributed by atoms with E-state index in [2.05, 4.69) is 21.3 Å². The summed E-state index contributed by atoms with van der Waals surface area (Å²) in [5, 5.41) is 15.5. The van der Waals surface area contributed by atoms with Crippen molar-refractivity contribution in [1.82, 2.24) is 10.6 Å². The SMILES string of the molecule is O=C(NCCCNC(=O)Nc1cccc2ccccc12)Nc1cccc2ccccc12. The predicted octanol–water partition coefficient (Wildman–Crippen LogP) is 5.33. The van der Waals surface area contributed by atoms with Crippen LogP contribution in [0.4, 0.5) is 21.0 Å². The molecule has 4 amide bonds. The fourth-order valence-electron chi connectivity index (χ4n) is 3.49. The second-order valence-electron chi connectivity index (χ2n) is 7.17. The van der Waals surface area contributed by atoms with E-state index in [0.717, 1.165) is 32.9 Å². The molecule has 6 nitrogen and oxygen atoms in total. The van der Waals surface area contributed by atoms with E-state index in [4.69, 9.17) is 0 Å². The summed E-state index contributed by atoms with van der Waals surface area (Å²) in [6.45, 7) is 0.899. The van der Waals surface area contributed by atoms with Crippen LogP contribution in [0.3, 0.4) is 0 Å². The Labute approximate surface area is 180 Å². The largest absolute Gasteiger partial charge is 0.338 e. The van der Waals surface area contributed by atoms with Gasteiger partial charge in [-0.3, -0.25) is 0 Å². The van der Waals surface area contributed by atoms with Crippen LogP contribution in [0, 0.1) is 0 Å². The monoisotopic (exact) mass is 412 g/mol. The molecule has 4 aromatic rings. The average molecular weight is 412 g/mol. The van der Waals surface area contributed by atoms with Gasteiger partial charge in [-0.2, -0.15) is 0 Å². The smallest absolute Gasteiger partial charge is 0.319 e. The van der Waals surface area contributed by atoms with Crippen molar-refractivity contribution in [1.29, 1.82) is 0 Å². The minimum atomic E-state index is -0.267. The van der Waals surface area contributed by atoms with Crippen molar-refractivity contribution in [3.63, 3.8) is 0 Å². The zero-order chi connectivity index (χ0) is 21.5. The third kappa shape index (κ3) is 5.11. The Bertz CT molecular complexity index is 1120. The highest BCUT2D eigenvalue weighted by atomic mass is 16.2. The van der Waals surface area contributed by atoms with E-state index < -0.39 is 0 Å². The fourth-order valence-corrected chi connectivity index (χ4v) is 3.49. The molecule has 0 unspecified atom stereocenters. The molecule has 4 rings (SSSR count). The highest BCUT2D eigenvalue weighted by Crippen LogP contribution is 2.23. The van der Waals surface area contributed by atoms with E-state index in [1.807, 2.05) is 84.9 Å². The molecule has 31 heavy (non-hydrogen) atoms. The number of anilines is 2. The molecule has 6 heteroatoms. The Balaban J connectivity index is 1.20. The summed E-state index contributed by atoms with van der Waals surface area (Å²) in [7, 11) is 0. The van der Waals surface area contributed by atoms with Gasteiger partial charge < -0.3 is 21.3 Å². The minimum absolute atomic E-state index is 0.267. The maximum Gasteiger partial charge on any atom is 0.319 e. The van der Waals surface area contributed by atoms with Crippen LogP contribution in [0.1, 0.15) is 6.42 Å². The van der Waals surface area contributed by atoms with Gasteiger partial charge in [0.15, 0.2) is 0 Å². The first kappa shape index (κ1) is 20.2. The van der Waals surface area contributed by atoms with E-state index in [0.29, 0.717) is 19.5 Å². The van der Waals surface area contributed by atoms with Gasteiger partial charge in [0.1, 0.15) is 0 Å². The highest BCUT2D eigenvalue weighted by Gasteiger charge is 2.06. The summed E-state index contributed by atoms with van der Waals surface area (Å²) in [5.41, 5.74) is 1.53. The van der Waals surface area contributed by atoms with Gasteiger partial charge in [0.05, 0.1) is 11.4 Å². The Kier molecular flexibility index (Phi) is 6.28. The molecule has 0 aliphatic carbocycles. The number of fused-ring (bicyclic) bond motifs is 2. The lowest BCUT2D eigenvalue weighted by Crippen LogP contribution is -2.34. The third-order valence-corrected chi connectivity index (χ3v) is 5.00. The Hall–Kier alpha value is -4.06. The number of hydrogen-bond acceptors (Lipinski definition) is 2. The molecule has 0 aliphatic rings. The number of carbonyl (C=O) groups is 2. The van der Waals surface area contributed by atoms with Crippen molar-refractivity contribution >= 4 is 45.0 Å². The lowest BCUT2D eigenvalue weighted by Gasteiger charge is -2.11. The zero-order valence-electron chi connectivity index (χ0n) is 17.0. The molecule has 0 aliphatic heterocycles. The summed E-state index contributed by atoms with van der Waals surface area (Å²) in [6.07, 6.45) is 0.617. The van der Waals surface area contributed by atoms with E-state index in [1.54, 1.807) is 0 Å². The van der Waals surface area contributed by atoms with Crippen LogP contribution in [-0.2, 0) is 0 Å². The minimum Gasteiger partial charge on any atom is -0.338 e. The fraction of sp³-hybridized carbons (Fsp3) is 0.120. The summed E-state index contributed by atoms with van der Waals surface area (Å²) >= 11 is 0. The van der Waals surface area contributed by atoms with Crippen molar-refractivity contribution in [3.05, 3.63) is 84.9 Å². The van der Waals surface area contributed by atoms with E-state index in [9.17, 15) is 9.59 Å². The van der Waals surface area contributed by atoms with Gasteiger partial charge in [-0.25, -0.2) is 9.59 Å². The van der Waals surface area contributed by atoms with E-state index >= 15 is 0 Å². The molecule has 0 radical (unpaired) electrons. The number of hydrogen-bond donors (Lipinski definition) is 4. The highest BCUT2D eigenvalue weighted by molar-refractivity contribution is 6.02. The lowest BCUT2D eigenvalue weighted by molar-refractivity contribution is 0.251. The molecule has 0 fully saturated rings. The maximum absolute atomic E-state index is 12.2. The van der Waals surface area contributed by atoms with Crippen molar-refractivity contribution in [2.24, 2.45) is 0 Å². The van der Waals surface area contributed by atoms with Gasteiger partial charge in [-0.15, -0.1) is 0 Å². The summed E-state index contributed by atoms with van der Waals surface area (Å²) in [5.74, 6) is 0. The van der Waals surface area contributed by atoms with Gasteiger partial charge in [-0.1, -0.05) is 72.8 Å². The zero-order valence-corrected chi connectivity index (χ0v) is 17.0. The van der Waals surface area contributed by atoms with Crippen molar-refractivity contribution in [2.45, 2.75) is 6.42 Å². The topological polar surface area (TPSA) is 82.3 Å². The Morgan fingerprint density at radius 3 is 1.45 bits per heavy atom. The van der Waals surface area contributed by atoms with Gasteiger partial charge in [0, 0.05) is 23.9 Å².